The molecule has 0 bridgehead atoms. The van der Waals surface area contributed by atoms with Crippen LogP contribution in [0.4, 0.5) is 0 Å². The molecule has 0 radical (unpaired) electrons. The molecule has 10 rings (SSSR count). The molecule has 0 saturated carbocycles. The van der Waals surface area contributed by atoms with Gasteiger partial charge in [-0.1, -0.05) is 124 Å². The maximum atomic E-state index is 11.8. The van der Waals surface area contributed by atoms with Crippen LogP contribution in [0, 0.1) is 13.8 Å². The van der Waals surface area contributed by atoms with Crippen LogP contribution in [0.15, 0.2) is 128 Å². The SMILES string of the molecule is CC1CC(=O)c2cc(Cl)ccc2S1.CC1CC(=O)c2ccccc2S1.CC1Sc2ccccc2C(=O)C1Br.Cc1ccc2c(c1)C(=O)C(Br)CS2.Cc1ccc2c(c1)C(=O)CC(C)(C)S2. The number of hydrogen-bond donors (Lipinski definition) is 0. The first kappa shape index (κ1) is 51.8. The predicted molar refractivity (Wildman–Crippen MR) is 284 cm³/mol. The van der Waals surface area contributed by atoms with Gasteiger partial charge in [-0.05, 0) is 82.3 Å². The molecule has 5 heterocycles. The van der Waals surface area contributed by atoms with Crippen molar-refractivity contribution >= 4 is 131 Å². The van der Waals surface area contributed by atoms with Crippen molar-refractivity contribution in [1.29, 1.82) is 0 Å². The highest BCUT2D eigenvalue weighted by Gasteiger charge is 2.33. The fraction of sp³-hybridized carbons (Fsp3) is 0.327. The van der Waals surface area contributed by atoms with E-state index in [9.17, 15) is 24.0 Å². The molecule has 5 aromatic rings. The van der Waals surface area contributed by atoms with Gasteiger partial charge in [-0.15, -0.1) is 58.8 Å². The van der Waals surface area contributed by atoms with Crippen molar-refractivity contribution in [3.63, 3.8) is 0 Å². The van der Waals surface area contributed by atoms with Crippen LogP contribution in [0.3, 0.4) is 0 Å². The number of fused-ring (bicyclic) bond motifs is 5. The second-order valence-electron chi connectivity index (χ2n) is 16.9. The summed E-state index contributed by atoms with van der Waals surface area (Å²) in [5, 5.41) is 1.79. The van der Waals surface area contributed by atoms with Crippen LogP contribution < -0.4 is 0 Å². The Morgan fingerprint density at radius 1 is 0.554 bits per heavy atom. The summed E-state index contributed by atoms with van der Waals surface area (Å²) in [6.07, 6.45) is 1.95. The van der Waals surface area contributed by atoms with E-state index in [1.807, 2.05) is 98.8 Å². The number of carbonyl (C=O) groups excluding carboxylic acids is 5. The van der Waals surface area contributed by atoms with Gasteiger partial charge >= 0.3 is 0 Å². The smallest absolute Gasteiger partial charge is 0.178 e. The van der Waals surface area contributed by atoms with Crippen LogP contribution in [-0.2, 0) is 0 Å². The highest BCUT2D eigenvalue weighted by Crippen LogP contribution is 2.43. The first-order valence-electron chi connectivity index (χ1n) is 21.3. The minimum Gasteiger partial charge on any atom is -0.294 e. The molecule has 340 valence electrons. The molecule has 5 nitrogen and oxygen atoms in total. The molecule has 0 fully saturated rings. The van der Waals surface area contributed by atoms with Crippen LogP contribution in [0.2, 0.25) is 5.02 Å². The van der Waals surface area contributed by atoms with E-state index < -0.39 is 0 Å². The van der Waals surface area contributed by atoms with Crippen LogP contribution in [0.1, 0.15) is 117 Å². The first-order chi connectivity index (χ1) is 30.8. The summed E-state index contributed by atoms with van der Waals surface area (Å²) < 4.78 is 0.0549. The van der Waals surface area contributed by atoms with Gasteiger partial charge in [0, 0.05) is 103 Å². The third kappa shape index (κ3) is 13.8. The second-order valence-corrected chi connectivity index (χ2v) is 26.7. The molecule has 5 aromatic carbocycles. The second kappa shape index (κ2) is 23.2. The Balaban J connectivity index is 0.000000135. The van der Waals surface area contributed by atoms with Crippen LogP contribution in [-0.4, -0.2) is 64.8 Å². The summed E-state index contributed by atoms with van der Waals surface area (Å²) in [6.45, 7) is 14.5. The van der Waals surface area contributed by atoms with Gasteiger partial charge in [-0.2, -0.15) is 0 Å². The standard InChI is InChI=1S/C12H14OS.2C10H9BrOS.C10H9ClOS.C10H10OS/c1-8-4-5-11-9(6-8)10(13)7-12(2,3)14-11;1-6-2-3-9-7(4-6)10(12)8(11)5-13-9;1-6-9(11)10(12)7-4-2-3-5-8(7)13-6;1-6-4-9(12)8-5-7(11)2-3-10(8)13-6;1-7-6-9(11)8-4-2-3-5-10(8)12-7/h4-6H,7H2,1-3H3;2-4,8H,5H2,1H3;2-6,9H,1H3;2-3,5-6H,4H2,1H3;2-5,7H,6H2,1H3. The lowest BCUT2D eigenvalue weighted by molar-refractivity contribution is 0.0961. The van der Waals surface area contributed by atoms with Gasteiger partial charge in [0.1, 0.15) is 0 Å². The lowest BCUT2D eigenvalue weighted by atomic mass is 9.98. The molecule has 13 heteroatoms. The van der Waals surface area contributed by atoms with Gasteiger partial charge < -0.3 is 0 Å². The normalized spacial score (nSPS) is 22.2. The molecule has 0 spiro atoms. The van der Waals surface area contributed by atoms with E-state index in [1.165, 1.54) is 0 Å². The number of thioether (sulfide) groups is 5. The van der Waals surface area contributed by atoms with E-state index in [-0.39, 0.29) is 43.3 Å². The average molecular weight is 1110 g/mol. The largest absolute Gasteiger partial charge is 0.294 e. The molecule has 5 aliphatic rings. The van der Waals surface area contributed by atoms with Gasteiger partial charge in [-0.25, -0.2) is 0 Å². The lowest BCUT2D eigenvalue weighted by Crippen LogP contribution is -2.28. The molecule has 0 saturated heterocycles. The van der Waals surface area contributed by atoms with E-state index in [4.69, 9.17) is 11.6 Å². The van der Waals surface area contributed by atoms with E-state index in [1.54, 1.807) is 64.9 Å². The summed E-state index contributed by atoms with van der Waals surface area (Å²) in [4.78, 5) is 63.9. The monoisotopic (exact) mass is 1110 g/mol. The Labute approximate surface area is 426 Å². The van der Waals surface area contributed by atoms with Crippen LogP contribution in [0.5, 0.6) is 0 Å². The molecule has 0 aliphatic carbocycles. The zero-order valence-electron chi connectivity index (χ0n) is 37.2. The Bertz CT molecular complexity index is 2620. The fourth-order valence-electron chi connectivity index (χ4n) is 7.41. The van der Waals surface area contributed by atoms with Gasteiger partial charge in [0.15, 0.2) is 28.9 Å². The average Bonchev–Trinajstić information content (AvgIpc) is 3.25. The third-order valence-electron chi connectivity index (χ3n) is 10.6. The Hall–Kier alpha value is -2.55. The number of aryl methyl sites for hydroxylation is 2. The van der Waals surface area contributed by atoms with Gasteiger partial charge in [0.2, 0.25) is 0 Å². The van der Waals surface area contributed by atoms with E-state index in [0.29, 0.717) is 40.0 Å². The zero-order valence-corrected chi connectivity index (χ0v) is 45.3. The highest BCUT2D eigenvalue weighted by atomic mass is 79.9. The summed E-state index contributed by atoms with van der Waals surface area (Å²) >= 11 is 21.5. The molecular formula is C52H51Br2ClO5S5. The van der Waals surface area contributed by atoms with Crippen molar-refractivity contribution in [3.8, 4) is 0 Å². The minimum atomic E-state index is -0.0348. The third-order valence-corrected chi connectivity index (χ3v) is 19.7. The highest BCUT2D eigenvalue weighted by molar-refractivity contribution is 9.10. The van der Waals surface area contributed by atoms with Crippen molar-refractivity contribution in [2.24, 2.45) is 0 Å². The molecule has 5 unspecified atom stereocenters. The molecular weight excluding hydrogens is 1060 g/mol. The Morgan fingerprint density at radius 2 is 1.06 bits per heavy atom. The Morgan fingerprint density at radius 3 is 1.71 bits per heavy atom. The molecule has 5 atom stereocenters. The zero-order chi connectivity index (χ0) is 47.2. The number of hydrogen-bond acceptors (Lipinski definition) is 10. The van der Waals surface area contributed by atoms with E-state index in [2.05, 4.69) is 78.6 Å². The van der Waals surface area contributed by atoms with Crippen molar-refractivity contribution in [1.82, 2.24) is 0 Å². The molecule has 65 heavy (non-hydrogen) atoms. The number of alkyl halides is 2. The van der Waals surface area contributed by atoms with Crippen molar-refractivity contribution in [2.75, 3.05) is 5.75 Å². The lowest BCUT2D eigenvalue weighted by Gasteiger charge is -2.29. The van der Waals surface area contributed by atoms with Gasteiger partial charge in [0.25, 0.3) is 0 Å². The Kier molecular flexibility index (Phi) is 18.5. The van der Waals surface area contributed by atoms with Crippen LogP contribution >= 0.6 is 102 Å². The molecule has 5 aliphatic heterocycles. The van der Waals surface area contributed by atoms with Crippen LogP contribution in [0.25, 0.3) is 0 Å². The summed E-state index contributed by atoms with van der Waals surface area (Å²) in [5.41, 5.74) is 6.64. The predicted octanol–water partition coefficient (Wildman–Crippen LogP) is 15.8. The minimum absolute atomic E-state index is 0.00759. The molecule has 0 amide bonds. The van der Waals surface area contributed by atoms with Crippen molar-refractivity contribution in [3.05, 3.63) is 147 Å². The number of Topliss-reactive ketones (excluding diaryl/α,β-unsaturated/α-hetero) is 5. The van der Waals surface area contributed by atoms with E-state index in [0.717, 1.165) is 69.2 Å². The van der Waals surface area contributed by atoms with E-state index >= 15 is 0 Å². The van der Waals surface area contributed by atoms with Crippen molar-refractivity contribution in [2.45, 2.75) is 122 Å². The number of ketones is 5. The first-order valence-corrected chi connectivity index (χ1v) is 27.9. The molecule has 0 N–H and O–H groups in total. The van der Waals surface area contributed by atoms with Gasteiger partial charge in [0.05, 0.1) is 9.65 Å². The fourth-order valence-corrected chi connectivity index (χ4v) is 14.3. The summed E-state index contributed by atoms with van der Waals surface area (Å²) in [6, 6.07) is 33.3. The topological polar surface area (TPSA) is 85.3 Å². The maximum Gasteiger partial charge on any atom is 0.178 e. The maximum absolute atomic E-state index is 11.8. The summed E-state index contributed by atoms with van der Waals surface area (Å²) in [5.74, 6) is 2.06. The van der Waals surface area contributed by atoms with Crippen molar-refractivity contribution < 1.29 is 24.0 Å². The quantitative estimate of drug-likeness (QED) is 0.140. The molecule has 0 aromatic heterocycles. The summed E-state index contributed by atoms with van der Waals surface area (Å²) in [7, 11) is 0. The number of carbonyl (C=O) groups is 5. The number of rotatable bonds is 0. The number of benzene rings is 5. The number of halogens is 3. The van der Waals surface area contributed by atoms with Gasteiger partial charge in [-0.3, -0.25) is 24.0 Å².